The van der Waals surface area contributed by atoms with Gasteiger partial charge >= 0.3 is 13.1 Å². The molecule has 0 aromatic carbocycles. The van der Waals surface area contributed by atoms with Gasteiger partial charge in [0.15, 0.2) is 0 Å². The van der Waals surface area contributed by atoms with Crippen molar-refractivity contribution in [3.8, 4) is 0 Å². The number of aliphatic carboxylic acids is 1. The molecule has 2 atom stereocenters. The molecule has 7 nitrogen and oxygen atoms in total. The summed E-state index contributed by atoms with van der Waals surface area (Å²) in [5, 5.41) is 29.6. The van der Waals surface area contributed by atoms with Crippen molar-refractivity contribution in [2.75, 3.05) is 33.2 Å². The van der Waals surface area contributed by atoms with Gasteiger partial charge in [0, 0.05) is 13.1 Å². The van der Waals surface area contributed by atoms with E-state index in [0.717, 1.165) is 13.0 Å². The van der Waals surface area contributed by atoms with Crippen LogP contribution in [0.25, 0.3) is 0 Å². The molecule has 4 N–H and O–H groups in total. The summed E-state index contributed by atoms with van der Waals surface area (Å²) in [5.41, 5.74) is 0. The standard InChI is InChI=1S/C9H18BNO4.C4H9N.CH2O/c1-11-5-7(3-2-4-10(14)15)8(6-11)9(12)13;1-2-4-5-3-1;1-2/h7-8,14-15H,2-6H2,1H3,(H,12,13);5H,1-4H2;1H2. The molecule has 2 rings (SSSR count). The zero-order valence-corrected chi connectivity index (χ0v) is 13.4. The molecule has 0 aromatic heterocycles. The van der Waals surface area contributed by atoms with Gasteiger partial charge < -0.3 is 30.2 Å². The third-order valence-corrected chi connectivity index (χ3v) is 3.94. The maximum Gasteiger partial charge on any atom is 0.451 e. The van der Waals surface area contributed by atoms with E-state index in [9.17, 15) is 4.79 Å². The Balaban J connectivity index is 0.000000522. The topological polar surface area (TPSA) is 110 Å². The molecule has 22 heavy (non-hydrogen) atoms. The van der Waals surface area contributed by atoms with E-state index in [1.54, 1.807) is 0 Å². The Morgan fingerprint density at radius 2 is 1.86 bits per heavy atom. The van der Waals surface area contributed by atoms with Gasteiger partial charge in [-0.15, -0.1) is 0 Å². The molecule has 2 aliphatic heterocycles. The molecule has 0 saturated carbocycles. The minimum atomic E-state index is -1.27. The normalized spacial score (nSPS) is 24.0. The van der Waals surface area contributed by atoms with Crippen molar-refractivity contribution in [2.24, 2.45) is 11.8 Å². The van der Waals surface area contributed by atoms with E-state index < -0.39 is 13.1 Å². The van der Waals surface area contributed by atoms with Crippen molar-refractivity contribution < 1.29 is 24.7 Å². The zero-order chi connectivity index (χ0) is 17.0. The third kappa shape index (κ3) is 9.14. The average Bonchev–Trinajstić information content (AvgIpc) is 3.13. The Bertz CT molecular complexity index is 295. The average molecular weight is 316 g/mol. The number of carboxylic acid groups (broad SMARTS) is 1. The van der Waals surface area contributed by atoms with Crippen LogP contribution in [0.15, 0.2) is 0 Å². The molecular formula is C14H29BN2O5. The van der Waals surface area contributed by atoms with Crippen LogP contribution in [0.1, 0.15) is 25.7 Å². The predicted molar refractivity (Wildman–Crippen MR) is 85.6 cm³/mol. The number of likely N-dealkylation sites (tertiary alicyclic amines) is 1. The highest BCUT2D eigenvalue weighted by Crippen LogP contribution is 2.27. The van der Waals surface area contributed by atoms with Crippen molar-refractivity contribution >= 4 is 19.9 Å². The molecule has 0 amide bonds. The lowest BCUT2D eigenvalue weighted by atomic mass is 9.80. The van der Waals surface area contributed by atoms with Crippen molar-refractivity contribution in [2.45, 2.75) is 32.0 Å². The van der Waals surface area contributed by atoms with Crippen LogP contribution in [0.3, 0.4) is 0 Å². The second-order valence-electron chi connectivity index (χ2n) is 5.79. The molecule has 2 heterocycles. The molecule has 0 radical (unpaired) electrons. The second-order valence-corrected chi connectivity index (χ2v) is 5.79. The van der Waals surface area contributed by atoms with Gasteiger partial charge in [0.2, 0.25) is 0 Å². The Kier molecular flexibility index (Phi) is 12.0. The quantitative estimate of drug-likeness (QED) is 0.515. The number of hydrogen-bond donors (Lipinski definition) is 4. The minimum Gasteiger partial charge on any atom is -0.481 e. The largest absolute Gasteiger partial charge is 0.481 e. The fourth-order valence-corrected chi connectivity index (χ4v) is 2.85. The van der Waals surface area contributed by atoms with Gasteiger partial charge in [-0.25, -0.2) is 0 Å². The van der Waals surface area contributed by atoms with E-state index in [0.29, 0.717) is 19.3 Å². The van der Waals surface area contributed by atoms with Crippen LogP contribution < -0.4 is 5.32 Å². The van der Waals surface area contributed by atoms with E-state index in [4.69, 9.17) is 19.9 Å². The van der Waals surface area contributed by atoms with Gasteiger partial charge in [0.25, 0.3) is 0 Å². The van der Waals surface area contributed by atoms with Crippen LogP contribution in [0.5, 0.6) is 0 Å². The van der Waals surface area contributed by atoms with Crippen LogP contribution in [0.4, 0.5) is 0 Å². The summed E-state index contributed by atoms with van der Waals surface area (Å²) < 4.78 is 0. The van der Waals surface area contributed by atoms with Crippen molar-refractivity contribution in [1.29, 1.82) is 0 Å². The predicted octanol–water partition coefficient (Wildman–Crippen LogP) is -0.313. The minimum absolute atomic E-state index is 0.145. The second kappa shape index (κ2) is 12.6. The summed E-state index contributed by atoms with van der Waals surface area (Å²) in [6.07, 6.45) is 4.52. The van der Waals surface area contributed by atoms with Gasteiger partial charge in [-0.2, -0.15) is 0 Å². The maximum absolute atomic E-state index is 10.9. The van der Waals surface area contributed by atoms with Crippen molar-refractivity contribution in [3.05, 3.63) is 0 Å². The summed E-state index contributed by atoms with van der Waals surface area (Å²) in [6.45, 7) is 5.89. The number of carbonyl (C=O) groups excluding carboxylic acids is 1. The summed E-state index contributed by atoms with van der Waals surface area (Å²) in [5.74, 6) is -0.897. The monoisotopic (exact) mass is 316 g/mol. The summed E-state index contributed by atoms with van der Waals surface area (Å²) in [6, 6.07) is 0. The first-order valence-electron chi connectivity index (χ1n) is 7.77. The van der Waals surface area contributed by atoms with Crippen molar-refractivity contribution in [3.63, 3.8) is 0 Å². The highest BCUT2D eigenvalue weighted by atomic mass is 16.4. The molecule has 2 saturated heterocycles. The van der Waals surface area contributed by atoms with Crippen LogP contribution in [0, 0.1) is 11.8 Å². The lowest BCUT2D eigenvalue weighted by molar-refractivity contribution is -0.142. The summed E-state index contributed by atoms with van der Waals surface area (Å²) in [4.78, 5) is 20.9. The number of carboxylic acids is 1. The molecule has 2 fully saturated rings. The summed E-state index contributed by atoms with van der Waals surface area (Å²) >= 11 is 0. The molecule has 2 unspecified atom stereocenters. The SMILES string of the molecule is C1CCNC1.C=O.CN1CC(CCCB(O)O)C(C(=O)O)C1. The lowest BCUT2D eigenvalue weighted by Crippen LogP contribution is -2.22. The first-order valence-corrected chi connectivity index (χ1v) is 7.77. The molecule has 0 spiro atoms. The Morgan fingerprint density at radius 1 is 1.27 bits per heavy atom. The first-order chi connectivity index (χ1) is 10.5. The van der Waals surface area contributed by atoms with Crippen LogP contribution in [-0.2, 0) is 9.59 Å². The van der Waals surface area contributed by atoms with Gasteiger partial charge in [-0.3, -0.25) is 4.79 Å². The van der Waals surface area contributed by atoms with Crippen LogP contribution in [-0.4, -0.2) is 73.2 Å². The molecule has 128 valence electrons. The fraction of sp³-hybridized carbons (Fsp3) is 0.857. The van der Waals surface area contributed by atoms with E-state index >= 15 is 0 Å². The number of carbonyl (C=O) groups is 2. The lowest BCUT2D eigenvalue weighted by Gasteiger charge is -2.13. The Morgan fingerprint density at radius 3 is 2.27 bits per heavy atom. The smallest absolute Gasteiger partial charge is 0.451 e. The fourth-order valence-electron chi connectivity index (χ4n) is 2.85. The molecule has 0 aromatic rings. The van der Waals surface area contributed by atoms with Gasteiger partial charge in [0.05, 0.1) is 5.92 Å². The number of nitrogens with zero attached hydrogens (tertiary/aromatic N) is 1. The van der Waals surface area contributed by atoms with E-state index in [-0.39, 0.29) is 11.8 Å². The number of rotatable bonds is 5. The summed E-state index contributed by atoms with van der Waals surface area (Å²) in [7, 11) is 0.643. The third-order valence-electron chi connectivity index (χ3n) is 3.94. The first kappa shape index (κ1) is 21.0. The zero-order valence-electron chi connectivity index (χ0n) is 13.4. The Labute approximate surface area is 132 Å². The van der Waals surface area contributed by atoms with Gasteiger partial charge in [0.1, 0.15) is 6.79 Å². The molecule has 0 aliphatic carbocycles. The van der Waals surface area contributed by atoms with E-state index in [2.05, 4.69) is 5.32 Å². The van der Waals surface area contributed by atoms with Crippen molar-refractivity contribution in [1.82, 2.24) is 10.2 Å². The van der Waals surface area contributed by atoms with E-state index in [1.165, 1.54) is 25.9 Å². The highest BCUT2D eigenvalue weighted by Gasteiger charge is 2.35. The van der Waals surface area contributed by atoms with Crippen LogP contribution in [0.2, 0.25) is 6.32 Å². The number of nitrogens with one attached hydrogen (secondary N) is 1. The van der Waals surface area contributed by atoms with Gasteiger partial charge in [-0.05, 0) is 51.6 Å². The van der Waals surface area contributed by atoms with Gasteiger partial charge in [-0.1, -0.05) is 6.42 Å². The Hall–Kier alpha value is -0.955. The van der Waals surface area contributed by atoms with E-state index in [1.807, 2.05) is 18.7 Å². The van der Waals surface area contributed by atoms with Crippen LogP contribution >= 0.6 is 0 Å². The molecular weight excluding hydrogens is 287 g/mol. The highest BCUT2D eigenvalue weighted by molar-refractivity contribution is 6.40. The number of hydrogen-bond acceptors (Lipinski definition) is 6. The molecule has 2 aliphatic rings. The molecule has 8 heteroatoms. The maximum atomic E-state index is 10.9. The molecule has 0 bridgehead atoms.